The zero-order valence-electron chi connectivity index (χ0n) is 15.7. The van der Waals surface area contributed by atoms with Crippen LogP contribution >= 0.6 is 0 Å². The van der Waals surface area contributed by atoms with Crippen LogP contribution in [0.25, 0.3) is 0 Å². The van der Waals surface area contributed by atoms with Crippen molar-refractivity contribution >= 4 is 22.0 Å². The van der Waals surface area contributed by atoms with Crippen LogP contribution in [0.2, 0.25) is 0 Å². The average molecular weight is 395 g/mol. The number of aliphatic imine (C=N–C) groups is 1. The molecule has 144 valence electrons. The van der Waals surface area contributed by atoms with Crippen LogP contribution in [0, 0.1) is 6.92 Å². The first-order valence-electron chi connectivity index (χ1n) is 8.85. The van der Waals surface area contributed by atoms with Gasteiger partial charge < -0.3 is 8.92 Å². The van der Waals surface area contributed by atoms with Gasteiger partial charge in [-0.05, 0) is 61.4 Å². The molecule has 0 aliphatic heterocycles. The molecular weight excluding hydrogens is 374 g/mol. The van der Waals surface area contributed by atoms with Gasteiger partial charge in [0, 0.05) is 6.21 Å². The summed E-state index contributed by atoms with van der Waals surface area (Å²) in [4.78, 5) is 4.58. The molecule has 6 heteroatoms. The monoisotopic (exact) mass is 395 g/mol. The molecule has 0 N–H and O–H groups in total. The van der Waals surface area contributed by atoms with E-state index in [2.05, 4.69) is 4.99 Å². The van der Waals surface area contributed by atoms with Crippen LogP contribution in [-0.4, -0.2) is 21.2 Å². The molecule has 0 radical (unpaired) electrons. The molecule has 0 unspecified atom stereocenters. The van der Waals surface area contributed by atoms with Crippen LogP contribution in [0.4, 0.5) is 5.69 Å². The first-order valence-corrected chi connectivity index (χ1v) is 10.3. The SMILES string of the molecule is CCOc1cc(C=Nc2ccccc2C)ccc1OS(=O)(=O)c1ccccc1. The van der Waals surface area contributed by atoms with E-state index in [1.165, 1.54) is 12.1 Å². The van der Waals surface area contributed by atoms with Crippen LogP contribution in [-0.2, 0) is 10.1 Å². The Balaban J connectivity index is 1.88. The summed E-state index contributed by atoms with van der Waals surface area (Å²) in [5.41, 5.74) is 2.71. The molecule has 0 aliphatic rings. The van der Waals surface area contributed by atoms with Gasteiger partial charge >= 0.3 is 10.1 Å². The minimum absolute atomic E-state index is 0.0858. The number of aryl methyl sites for hydroxylation is 1. The van der Waals surface area contributed by atoms with Crippen molar-refractivity contribution in [1.29, 1.82) is 0 Å². The normalized spacial score (nSPS) is 11.5. The molecule has 3 aromatic rings. The van der Waals surface area contributed by atoms with E-state index >= 15 is 0 Å². The third kappa shape index (κ3) is 4.78. The highest BCUT2D eigenvalue weighted by Gasteiger charge is 2.19. The highest BCUT2D eigenvalue weighted by Crippen LogP contribution is 2.31. The molecule has 5 nitrogen and oxygen atoms in total. The summed E-state index contributed by atoms with van der Waals surface area (Å²) >= 11 is 0. The van der Waals surface area contributed by atoms with Crippen LogP contribution in [0.15, 0.2) is 82.7 Å². The van der Waals surface area contributed by atoms with Crippen molar-refractivity contribution in [3.05, 3.63) is 83.9 Å². The lowest BCUT2D eigenvalue weighted by Crippen LogP contribution is -2.10. The van der Waals surface area contributed by atoms with Crippen LogP contribution in [0.1, 0.15) is 18.1 Å². The quantitative estimate of drug-likeness (QED) is 0.421. The summed E-state index contributed by atoms with van der Waals surface area (Å²) < 4.78 is 35.9. The molecule has 0 saturated carbocycles. The predicted molar refractivity (Wildman–Crippen MR) is 110 cm³/mol. The first-order chi connectivity index (χ1) is 13.5. The topological polar surface area (TPSA) is 65.0 Å². The van der Waals surface area contributed by atoms with E-state index < -0.39 is 10.1 Å². The molecule has 0 atom stereocenters. The molecule has 28 heavy (non-hydrogen) atoms. The summed E-state index contributed by atoms with van der Waals surface area (Å²) in [5.74, 6) is 0.481. The largest absolute Gasteiger partial charge is 0.490 e. The highest BCUT2D eigenvalue weighted by molar-refractivity contribution is 7.87. The Hall–Kier alpha value is -3.12. The Labute approximate surface area is 165 Å². The number of nitrogens with zero attached hydrogens (tertiary/aromatic N) is 1. The fourth-order valence-corrected chi connectivity index (χ4v) is 3.51. The Morgan fingerprint density at radius 1 is 0.929 bits per heavy atom. The number of hydrogen-bond acceptors (Lipinski definition) is 5. The van der Waals surface area contributed by atoms with Gasteiger partial charge in [0.05, 0.1) is 12.3 Å². The molecule has 0 amide bonds. The van der Waals surface area contributed by atoms with Crippen LogP contribution in [0.5, 0.6) is 11.5 Å². The molecule has 3 aromatic carbocycles. The van der Waals surface area contributed by atoms with Gasteiger partial charge in [0.1, 0.15) is 4.90 Å². The van der Waals surface area contributed by atoms with Gasteiger partial charge in [-0.3, -0.25) is 4.99 Å². The third-order valence-electron chi connectivity index (χ3n) is 3.97. The summed E-state index contributed by atoms with van der Waals surface area (Å²) in [5, 5.41) is 0. The van der Waals surface area contributed by atoms with Crippen LogP contribution in [0.3, 0.4) is 0 Å². The van der Waals surface area contributed by atoms with Gasteiger partial charge in [0.15, 0.2) is 11.5 Å². The molecule has 0 fully saturated rings. The van der Waals surface area contributed by atoms with Crippen LogP contribution < -0.4 is 8.92 Å². The van der Waals surface area contributed by atoms with Crippen molar-refractivity contribution in [3.63, 3.8) is 0 Å². The predicted octanol–water partition coefficient (Wildman–Crippen LogP) is 4.91. The Kier molecular flexibility index (Phi) is 6.11. The molecular formula is C22H21NO4S. The van der Waals surface area contributed by atoms with E-state index in [1.54, 1.807) is 42.6 Å². The second-order valence-electron chi connectivity index (χ2n) is 6.03. The van der Waals surface area contributed by atoms with Gasteiger partial charge in [-0.2, -0.15) is 8.42 Å². The summed E-state index contributed by atoms with van der Waals surface area (Å²) in [6, 6.07) is 20.8. The molecule has 0 saturated heterocycles. The summed E-state index contributed by atoms with van der Waals surface area (Å²) in [7, 11) is -3.94. The van der Waals surface area contributed by atoms with Crippen molar-refractivity contribution in [2.45, 2.75) is 18.7 Å². The molecule has 0 bridgehead atoms. The lowest BCUT2D eigenvalue weighted by Gasteiger charge is -2.12. The Morgan fingerprint density at radius 3 is 2.36 bits per heavy atom. The molecule has 0 aromatic heterocycles. The number of hydrogen-bond donors (Lipinski definition) is 0. The molecule has 0 aliphatic carbocycles. The first kappa shape index (κ1) is 19.6. The maximum Gasteiger partial charge on any atom is 0.339 e. The number of para-hydroxylation sites is 1. The van der Waals surface area contributed by atoms with E-state index in [-0.39, 0.29) is 10.6 Å². The smallest absolute Gasteiger partial charge is 0.339 e. The lowest BCUT2D eigenvalue weighted by molar-refractivity contribution is 0.327. The fourth-order valence-electron chi connectivity index (χ4n) is 2.55. The van der Waals surface area contributed by atoms with Gasteiger partial charge in [-0.25, -0.2) is 0 Å². The van der Waals surface area contributed by atoms with Gasteiger partial charge in [-0.1, -0.05) is 36.4 Å². The maximum absolute atomic E-state index is 12.5. The number of ether oxygens (including phenoxy) is 1. The minimum atomic E-state index is -3.94. The third-order valence-corrected chi connectivity index (χ3v) is 5.22. The van der Waals surface area contributed by atoms with Crippen molar-refractivity contribution in [2.24, 2.45) is 4.99 Å². The second kappa shape index (κ2) is 8.71. The minimum Gasteiger partial charge on any atom is -0.490 e. The number of rotatable bonds is 7. The van der Waals surface area contributed by atoms with Crippen molar-refractivity contribution in [3.8, 4) is 11.5 Å². The van der Waals surface area contributed by atoms with Crippen molar-refractivity contribution < 1.29 is 17.3 Å². The second-order valence-corrected chi connectivity index (χ2v) is 7.58. The Morgan fingerprint density at radius 2 is 1.64 bits per heavy atom. The van der Waals surface area contributed by atoms with Gasteiger partial charge in [0.25, 0.3) is 0 Å². The van der Waals surface area contributed by atoms with E-state index in [0.29, 0.717) is 12.4 Å². The summed E-state index contributed by atoms with van der Waals surface area (Å²) in [6.07, 6.45) is 1.71. The van der Waals surface area contributed by atoms with Crippen molar-refractivity contribution in [1.82, 2.24) is 0 Å². The zero-order valence-corrected chi connectivity index (χ0v) is 16.5. The Bertz CT molecular complexity index is 1080. The number of benzene rings is 3. The van der Waals surface area contributed by atoms with E-state index in [0.717, 1.165) is 16.8 Å². The lowest BCUT2D eigenvalue weighted by atomic mass is 10.2. The van der Waals surface area contributed by atoms with E-state index in [4.69, 9.17) is 8.92 Å². The highest BCUT2D eigenvalue weighted by atomic mass is 32.2. The average Bonchev–Trinajstić information content (AvgIpc) is 2.70. The standard InChI is InChI=1S/C22H21NO4S/c1-3-26-22-15-18(16-23-20-12-8-7-9-17(20)2)13-14-21(22)27-28(24,25)19-10-5-4-6-11-19/h4-16H,3H2,1-2H3. The van der Waals surface area contributed by atoms with E-state index in [1.807, 2.05) is 38.1 Å². The maximum atomic E-state index is 12.5. The zero-order chi connectivity index (χ0) is 20.0. The fraction of sp³-hybridized carbons (Fsp3) is 0.136. The van der Waals surface area contributed by atoms with E-state index in [9.17, 15) is 8.42 Å². The molecule has 0 spiro atoms. The van der Waals surface area contributed by atoms with Gasteiger partial charge in [0.2, 0.25) is 0 Å². The van der Waals surface area contributed by atoms with Crippen molar-refractivity contribution in [2.75, 3.05) is 6.61 Å². The van der Waals surface area contributed by atoms with Gasteiger partial charge in [-0.15, -0.1) is 0 Å². The summed E-state index contributed by atoms with van der Waals surface area (Å²) in [6.45, 7) is 4.19. The molecule has 3 rings (SSSR count). The molecule has 0 heterocycles.